The first-order chi connectivity index (χ1) is 13.3. The SMILES string of the molecule is COc1ccc(NC(=O)CC(C)=NNC(=O)c2ccc([N+](=O)[O-])c(Cl)c2)cc1. The number of hydrogen-bond donors (Lipinski definition) is 2. The third kappa shape index (κ3) is 5.78. The fraction of sp³-hybridized carbons (Fsp3) is 0.167. The van der Waals surface area contributed by atoms with Crippen LogP contribution in [0.2, 0.25) is 5.02 Å². The van der Waals surface area contributed by atoms with E-state index >= 15 is 0 Å². The predicted molar refractivity (Wildman–Crippen MR) is 105 cm³/mol. The first-order valence-electron chi connectivity index (χ1n) is 8.01. The van der Waals surface area contributed by atoms with Crippen molar-refractivity contribution in [3.63, 3.8) is 0 Å². The summed E-state index contributed by atoms with van der Waals surface area (Å²) in [4.78, 5) is 34.2. The van der Waals surface area contributed by atoms with Crippen LogP contribution in [0.3, 0.4) is 0 Å². The molecule has 2 rings (SSSR count). The van der Waals surface area contributed by atoms with Gasteiger partial charge in [0.2, 0.25) is 5.91 Å². The van der Waals surface area contributed by atoms with Gasteiger partial charge in [0, 0.05) is 23.0 Å². The summed E-state index contributed by atoms with van der Waals surface area (Å²) in [5.41, 5.74) is 3.06. The maximum absolute atomic E-state index is 12.1. The lowest BCUT2D eigenvalue weighted by atomic mass is 10.2. The molecular weight excluding hydrogens is 388 g/mol. The van der Waals surface area contributed by atoms with Gasteiger partial charge in [-0.15, -0.1) is 0 Å². The van der Waals surface area contributed by atoms with Crippen LogP contribution < -0.4 is 15.5 Å². The Hall–Kier alpha value is -3.46. The Morgan fingerprint density at radius 3 is 2.46 bits per heavy atom. The normalized spacial score (nSPS) is 10.9. The zero-order chi connectivity index (χ0) is 20.7. The summed E-state index contributed by atoms with van der Waals surface area (Å²) in [6, 6.07) is 10.4. The summed E-state index contributed by atoms with van der Waals surface area (Å²) in [5.74, 6) is -0.240. The molecule has 0 saturated heterocycles. The minimum absolute atomic E-state index is 0.0344. The van der Waals surface area contributed by atoms with Gasteiger partial charge in [-0.25, -0.2) is 5.43 Å². The van der Waals surface area contributed by atoms with Crippen molar-refractivity contribution in [2.75, 3.05) is 12.4 Å². The van der Waals surface area contributed by atoms with E-state index in [0.29, 0.717) is 17.1 Å². The summed E-state index contributed by atoms with van der Waals surface area (Å²) in [6.45, 7) is 1.58. The van der Waals surface area contributed by atoms with Crippen LogP contribution in [0.15, 0.2) is 47.6 Å². The third-order valence-corrected chi connectivity index (χ3v) is 3.85. The number of rotatable bonds is 7. The zero-order valence-electron chi connectivity index (χ0n) is 15.1. The van der Waals surface area contributed by atoms with E-state index in [2.05, 4.69) is 15.8 Å². The number of ether oxygens (including phenoxy) is 1. The highest BCUT2D eigenvalue weighted by molar-refractivity contribution is 6.33. The van der Waals surface area contributed by atoms with Crippen molar-refractivity contribution >= 4 is 40.5 Å². The maximum Gasteiger partial charge on any atom is 0.287 e. The van der Waals surface area contributed by atoms with Gasteiger partial charge in [0.05, 0.1) is 18.5 Å². The number of anilines is 1. The highest BCUT2D eigenvalue weighted by Crippen LogP contribution is 2.24. The van der Waals surface area contributed by atoms with Gasteiger partial charge in [-0.3, -0.25) is 19.7 Å². The van der Waals surface area contributed by atoms with Crippen molar-refractivity contribution in [2.24, 2.45) is 5.10 Å². The summed E-state index contributed by atoms with van der Waals surface area (Å²) >= 11 is 5.78. The average Bonchev–Trinajstić information content (AvgIpc) is 2.66. The number of benzene rings is 2. The number of nitrogens with one attached hydrogen (secondary N) is 2. The van der Waals surface area contributed by atoms with Gasteiger partial charge < -0.3 is 10.1 Å². The molecule has 0 saturated carbocycles. The topological polar surface area (TPSA) is 123 Å². The molecule has 2 N–H and O–H groups in total. The van der Waals surface area contributed by atoms with Crippen molar-refractivity contribution in [3.8, 4) is 5.75 Å². The fourth-order valence-corrected chi connectivity index (χ4v) is 2.41. The summed E-state index contributed by atoms with van der Waals surface area (Å²) < 4.78 is 5.04. The quantitative estimate of drug-likeness (QED) is 0.416. The summed E-state index contributed by atoms with van der Waals surface area (Å²) in [6.07, 6.45) is -0.0344. The van der Waals surface area contributed by atoms with Crippen molar-refractivity contribution in [1.29, 1.82) is 0 Å². The molecule has 0 aliphatic heterocycles. The van der Waals surface area contributed by atoms with Gasteiger partial charge in [0.25, 0.3) is 11.6 Å². The van der Waals surface area contributed by atoms with Crippen LogP contribution in [0, 0.1) is 10.1 Å². The Labute approximate surface area is 165 Å². The fourth-order valence-electron chi connectivity index (χ4n) is 2.16. The highest BCUT2D eigenvalue weighted by atomic mass is 35.5. The van der Waals surface area contributed by atoms with E-state index in [4.69, 9.17) is 16.3 Å². The van der Waals surface area contributed by atoms with Crippen molar-refractivity contribution in [2.45, 2.75) is 13.3 Å². The number of halogens is 1. The summed E-state index contributed by atoms with van der Waals surface area (Å²) in [5, 5.41) is 17.1. The van der Waals surface area contributed by atoms with Crippen LogP contribution in [0.1, 0.15) is 23.7 Å². The van der Waals surface area contributed by atoms with Crippen molar-refractivity contribution in [1.82, 2.24) is 5.43 Å². The molecule has 0 aliphatic carbocycles. The second kappa shape index (κ2) is 9.47. The van der Waals surface area contributed by atoms with E-state index in [9.17, 15) is 19.7 Å². The Morgan fingerprint density at radius 1 is 1.21 bits per heavy atom. The third-order valence-electron chi connectivity index (χ3n) is 3.55. The van der Waals surface area contributed by atoms with Gasteiger partial charge in [0.1, 0.15) is 10.8 Å². The Morgan fingerprint density at radius 2 is 1.89 bits per heavy atom. The van der Waals surface area contributed by atoms with Crippen LogP contribution >= 0.6 is 11.6 Å². The number of hydrogen-bond acceptors (Lipinski definition) is 6. The number of nitro groups is 1. The van der Waals surface area contributed by atoms with E-state index < -0.39 is 10.8 Å². The van der Waals surface area contributed by atoms with Gasteiger partial charge in [-0.1, -0.05) is 11.6 Å². The molecule has 0 atom stereocenters. The first kappa shape index (κ1) is 20.8. The Bertz CT molecular complexity index is 928. The molecule has 0 bridgehead atoms. The minimum atomic E-state index is -0.645. The average molecular weight is 405 g/mol. The van der Waals surface area contributed by atoms with Gasteiger partial charge in [-0.2, -0.15) is 5.10 Å². The van der Waals surface area contributed by atoms with Gasteiger partial charge in [0.15, 0.2) is 0 Å². The molecule has 0 aromatic heterocycles. The van der Waals surface area contributed by atoms with E-state index in [0.717, 1.165) is 6.07 Å². The second-order valence-electron chi connectivity index (χ2n) is 5.66. The molecule has 2 amide bonds. The highest BCUT2D eigenvalue weighted by Gasteiger charge is 2.15. The van der Waals surface area contributed by atoms with Crippen molar-refractivity contribution < 1.29 is 19.2 Å². The van der Waals surface area contributed by atoms with E-state index in [1.165, 1.54) is 12.1 Å². The van der Waals surface area contributed by atoms with E-state index in [1.807, 2.05) is 0 Å². The van der Waals surface area contributed by atoms with Crippen LogP contribution in [0.4, 0.5) is 11.4 Å². The molecule has 2 aromatic carbocycles. The van der Waals surface area contributed by atoms with Crippen LogP contribution in [0.25, 0.3) is 0 Å². The van der Waals surface area contributed by atoms with Gasteiger partial charge >= 0.3 is 0 Å². The second-order valence-corrected chi connectivity index (χ2v) is 6.07. The standard InChI is InChI=1S/C18H17ClN4O5/c1-11(9-17(24)20-13-4-6-14(28-2)7-5-13)21-22-18(25)12-3-8-16(23(26)27)15(19)10-12/h3-8,10H,9H2,1-2H3,(H,20,24)(H,22,25). The van der Waals surface area contributed by atoms with Crippen molar-refractivity contribution in [3.05, 3.63) is 63.2 Å². The minimum Gasteiger partial charge on any atom is -0.497 e. The molecule has 10 heteroatoms. The largest absolute Gasteiger partial charge is 0.497 e. The summed E-state index contributed by atoms with van der Waals surface area (Å²) in [7, 11) is 1.55. The maximum atomic E-state index is 12.1. The monoisotopic (exact) mass is 404 g/mol. The molecule has 0 radical (unpaired) electrons. The smallest absolute Gasteiger partial charge is 0.287 e. The lowest BCUT2D eigenvalue weighted by Gasteiger charge is -2.07. The predicted octanol–water partition coefficient (Wildman–Crippen LogP) is 3.39. The number of methoxy groups -OCH3 is 1. The number of amides is 2. The van der Waals surface area contributed by atoms with Crippen LogP contribution in [0.5, 0.6) is 5.75 Å². The molecule has 146 valence electrons. The number of carbonyl (C=O) groups is 2. The Kier molecular flexibility index (Phi) is 7.05. The molecule has 2 aromatic rings. The lowest BCUT2D eigenvalue weighted by molar-refractivity contribution is -0.384. The molecule has 0 spiro atoms. The first-order valence-corrected chi connectivity index (χ1v) is 8.39. The molecular formula is C18H17ClN4O5. The van der Waals surface area contributed by atoms with E-state index in [1.54, 1.807) is 38.3 Å². The van der Waals surface area contributed by atoms with Crippen LogP contribution in [-0.4, -0.2) is 29.6 Å². The lowest BCUT2D eigenvalue weighted by Crippen LogP contribution is -2.21. The number of carbonyl (C=O) groups excluding carboxylic acids is 2. The number of nitrogens with zero attached hydrogens (tertiary/aromatic N) is 2. The number of hydrazone groups is 1. The molecule has 0 unspecified atom stereocenters. The molecule has 9 nitrogen and oxygen atoms in total. The number of nitro benzene ring substituents is 1. The Balaban J connectivity index is 1.92. The molecule has 28 heavy (non-hydrogen) atoms. The molecule has 0 aliphatic rings. The molecule has 0 heterocycles. The van der Waals surface area contributed by atoms with E-state index in [-0.39, 0.29) is 28.6 Å². The van der Waals surface area contributed by atoms with Crippen LogP contribution in [-0.2, 0) is 4.79 Å². The zero-order valence-corrected chi connectivity index (χ0v) is 15.8. The molecule has 0 fully saturated rings. The van der Waals surface area contributed by atoms with Gasteiger partial charge in [-0.05, 0) is 43.3 Å².